The van der Waals surface area contributed by atoms with Gasteiger partial charge in [0.1, 0.15) is 17.4 Å². The number of piperidine rings is 1. The van der Waals surface area contributed by atoms with Crippen molar-refractivity contribution < 1.29 is 13.9 Å². The van der Waals surface area contributed by atoms with Gasteiger partial charge in [-0.2, -0.15) is 0 Å². The summed E-state index contributed by atoms with van der Waals surface area (Å²) in [6.45, 7) is 5.22. The van der Waals surface area contributed by atoms with Crippen molar-refractivity contribution in [2.24, 2.45) is 0 Å². The molecule has 0 saturated carbocycles. The number of benzene rings is 2. The van der Waals surface area contributed by atoms with Gasteiger partial charge >= 0.3 is 0 Å². The van der Waals surface area contributed by atoms with Crippen LogP contribution in [0.3, 0.4) is 0 Å². The van der Waals surface area contributed by atoms with E-state index >= 15 is 0 Å². The van der Waals surface area contributed by atoms with Crippen LogP contribution in [0.1, 0.15) is 40.6 Å². The minimum atomic E-state index is -0.253. The molecule has 0 radical (unpaired) electrons. The highest BCUT2D eigenvalue weighted by atomic mass is 19.1. The maximum absolute atomic E-state index is 13.7. The molecule has 0 N–H and O–H groups in total. The van der Waals surface area contributed by atoms with E-state index in [1.807, 2.05) is 36.9 Å². The Labute approximate surface area is 163 Å². The summed E-state index contributed by atoms with van der Waals surface area (Å²) < 4.78 is 21.1. The lowest BCUT2D eigenvalue weighted by atomic mass is 10.0. The number of hydrogen-bond acceptors (Lipinski definition) is 3. The first-order valence-corrected chi connectivity index (χ1v) is 9.56. The first-order chi connectivity index (χ1) is 13.5. The molecule has 6 heteroatoms. The fourth-order valence-corrected chi connectivity index (χ4v) is 4.15. The standard InChI is InChI=1S/C22H24FN3O2/c1-14-12-18(28-3)5-6-19(14)22(27)25-10-8-17(9-11-25)26-15(2)24-20-7-4-16(23)13-21(20)26/h4-7,12-13,17H,8-11H2,1-3H3. The Hall–Kier alpha value is -2.89. The average molecular weight is 381 g/mol. The number of hydrogen-bond donors (Lipinski definition) is 0. The molecule has 146 valence electrons. The Morgan fingerprint density at radius 1 is 1.14 bits per heavy atom. The zero-order chi connectivity index (χ0) is 19.8. The fourth-order valence-electron chi connectivity index (χ4n) is 4.15. The number of likely N-dealkylation sites (tertiary alicyclic amines) is 1. The normalized spacial score (nSPS) is 15.2. The van der Waals surface area contributed by atoms with Crippen molar-refractivity contribution in [2.45, 2.75) is 32.7 Å². The first kappa shape index (κ1) is 18.5. The van der Waals surface area contributed by atoms with Crippen molar-refractivity contribution in [2.75, 3.05) is 20.2 Å². The summed E-state index contributed by atoms with van der Waals surface area (Å²) >= 11 is 0. The van der Waals surface area contributed by atoms with E-state index in [0.717, 1.165) is 41.0 Å². The molecule has 1 saturated heterocycles. The highest BCUT2D eigenvalue weighted by molar-refractivity contribution is 5.95. The van der Waals surface area contributed by atoms with E-state index in [2.05, 4.69) is 9.55 Å². The molecule has 1 aromatic heterocycles. The largest absolute Gasteiger partial charge is 0.497 e. The molecular formula is C22H24FN3O2. The van der Waals surface area contributed by atoms with Gasteiger partial charge in [0.05, 0.1) is 18.1 Å². The Kier molecular flexibility index (Phi) is 4.79. The third-order valence-electron chi connectivity index (χ3n) is 5.61. The van der Waals surface area contributed by atoms with Crippen LogP contribution >= 0.6 is 0 Å². The lowest BCUT2D eigenvalue weighted by molar-refractivity contribution is 0.0694. The van der Waals surface area contributed by atoms with E-state index in [4.69, 9.17) is 4.74 Å². The molecule has 2 heterocycles. The van der Waals surface area contributed by atoms with E-state index in [-0.39, 0.29) is 17.8 Å². The molecule has 0 bridgehead atoms. The fraction of sp³-hybridized carbons (Fsp3) is 0.364. The second kappa shape index (κ2) is 7.26. The Balaban J connectivity index is 1.52. The van der Waals surface area contributed by atoms with Crippen molar-refractivity contribution >= 4 is 16.9 Å². The van der Waals surface area contributed by atoms with E-state index in [0.29, 0.717) is 18.7 Å². The van der Waals surface area contributed by atoms with Crippen LogP contribution in [0, 0.1) is 19.7 Å². The monoisotopic (exact) mass is 381 g/mol. The number of carbonyl (C=O) groups excluding carboxylic acids is 1. The van der Waals surface area contributed by atoms with Gasteiger partial charge in [0.15, 0.2) is 0 Å². The number of amides is 1. The van der Waals surface area contributed by atoms with E-state index < -0.39 is 0 Å². The number of rotatable bonds is 3. The number of ether oxygens (including phenoxy) is 1. The number of imidazole rings is 1. The molecule has 0 spiro atoms. The molecular weight excluding hydrogens is 357 g/mol. The van der Waals surface area contributed by atoms with Crippen LogP contribution in [-0.2, 0) is 0 Å². The van der Waals surface area contributed by atoms with Crippen LogP contribution in [0.15, 0.2) is 36.4 Å². The lowest BCUT2D eigenvalue weighted by Gasteiger charge is -2.33. The molecule has 1 aliphatic rings. The number of nitrogens with zero attached hydrogens (tertiary/aromatic N) is 3. The minimum absolute atomic E-state index is 0.0526. The maximum Gasteiger partial charge on any atom is 0.254 e. The van der Waals surface area contributed by atoms with Gasteiger partial charge in [-0.05, 0) is 68.7 Å². The molecule has 0 aliphatic carbocycles. The van der Waals surface area contributed by atoms with Crippen molar-refractivity contribution in [3.63, 3.8) is 0 Å². The predicted molar refractivity (Wildman–Crippen MR) is 106 cm³/mol. The molecule has 5 nitrogen and oxygen atoms in total. The highest BCUT2D eigenvalue weighted by Crippen LogP contribution is 2.30. The van der Waals surface area contributed by atoms with Gasteiger partial charge in [0, 0.05) is 24.7 Å². The second-order valence-corrected chi connectivity index (χ2v) is 7.37. The van der Waals surface area contributed by atoms with Crippen LogP contribution in [0.2, 0.25) is 0 Å². The third kappa shape index (κ3) is 3.23. The lowest BCUT2D eigenvalue weighted by Crippen LogP contribution is -2.39. The van der Waals surface area contributed by atoms with Crippen LogP contribution in [-0.4, -0.2) is 40.6 Å². The Bertz CT molecular complexity index is 1040. The molecule has 0 atom stereocenters. The molecule has 4 rings (SSSR count). The van der Waals surface area contributed by atoms with Gasteiger partial charge in [-0.1, -0.05) is 0 Å². The topological polar surface area (TPSA) is 47.4 Å². The zero-order valence-corrected chi connectivity index (χ0v) is 16.4. The van der Waals surface area contributed by atoms with Crippen LogP contribution in [0.5, 0.6) is 5.75 Å². The summed E-state index contributed by atoms with van der Waals surface area (Å²) in [5.41, 5.74) is 3.27. The summed E-state index contributed by atoms with van der Waals surface area (Å²) in [7, 11) is 1.62. The predicted octanol–water partition coefficient (Wildman–Crippen LogP) is 4.28. The summed E-state index contributed by atoms with van der Waals surface area (Å²) in [5.74, 6) is 1.44. The zero-order valence-electron chi connectivity index (χ0n) is 16.4. The number of halogens is 1. The summed E-state index contributed by atoms with van der Waals surface area (Å²) in [6, 6.07) is 10.5. The van der Waals surface area contributed by atoms with Crippen molar-refractivity contribution in [3.05, 3.63) is 59.2 Å². The Morgan fingerprint density at radius 3 is 2.57 bits per heavy atom. The molecule has 28 heavy (non-hydrogen) atoms. The summed E-state index contributed by atoms with van der Waals surface area (Å²) in [4.78, 5) is 19.4. The first-order valence-electron chi connectivity index (χ1n) is 9.56. The number of carbonyl (C=O) groups is 1. The van der Waals surface area contributed by atoms with Crippen LogP contribution < -0.4 is 4.74 Å². The summed E-state index contributed by atoms with van der Waals surface area (Å²) in [5, 5.41) is 0. The number of aryl methyl sites for hydroxylation is 2. The number of methoxy groups -OCH3 is 1. The summed E-state index contributed by atoms with van der Waals surface area (Å²) in [6.07, 6.45) is 1.65. The van der Waals surface area contributed by atoms with E-state index in [9.17, 15) is 9.18 Å². The van der Waals surface area contributed by atoms with Crippen LogP contribution in [0.4, 0.5) is 4.39 Å². The molecule has 2 aromatic carbocycles. The number of fused-ring (bicyclic) bond motifs is 1. The van der Waals surface area contributed by atoms with E-state index in [1.165, 1.54) is 6.07 Å². The van der Waals surface area contributed by atoms with Crippen molar-refractivity contribution in [3.8, 4) is 5.75 Å². The second-order valence-electron chi connectivity index (χ2n) is 7.37. The molecule has 3 aromatic rings. The van der Waals surface area contributed by atoms with Gasteiger partial charge in [-0.25, -0.2) is 9.37 Å². The molecule has 1 aliphatic heterocycles. The smallest absolute Gasteiger partial charge is 0.254 e. The maximum atomic E-state index is 13.7. The molecule has 1 fully saturated rings. The SMILES string of the molecule is COc1ccc(C(=O)N2CCC(n3c(C)nc4ccc(F)cc43)CC2)c(C)c1. The van der Waals surface area contributed by atoms with Crippen molar-refractivity contribution in [1.29, 1.82) is 0 Å². The third-order valence-corrected chi connectivity index (χ3v) is 5.61. The van der Waals surface area contributed by atoms with Gasteiger partial charge in [0.2, 0.25) is 0 Å². The Morgan fingerprint density at radius 2 is 1.89 bits per heavy atom. The average Bonchev–Trinajstić information content (AvgIpc) is 3.02. The van der Waals surface area contributed by atoms with Crippen LogP contribution in [0.25, 0.3) is 11.0 Å². The van der Waals surface area contributed by atoms with Gasteiger partial charge in [-0.3, -0.25) is 4.79 Å². The van der Waals surface area contributed by atoms with E-state index in [1.54, 1.807) is 19.2 Å². The van der Waals surface area contributed by atoms with Gasteiger partial charge in [0.25, 0.3) is 5.91 Å². The van der Waals surface area contributed by atoms with Gasteiger partial charge in [-0.15, -0.1) is 0 Å². The van der Waals surface area contributed by atoms with Gasteiger partial charge < -0.3 is 14.2 Å². The molecule has 0 unspecified atom stereocenters. The number of aromatic nitrogens is 2. The highest BCUT2D eigenvalue weighted by Gasteiger charge is 2.27. The quantitative estimate of drug-likeness (QED) is 0.680. The van der Waals surface area contributed by atoms with Crippen molar-refractivity contribution in [1.82, 2.24) is 14.5 Å². The minimum Gasteiger partial charge on any atom is -0.497 e. The molecule has 1 amide bonds.